The Kier molecular flexibility index (Phi) is 7.95. The normalized spacial score (nSPS) is 31.4. The molecule has 2 heterocycles. The Morgan fingerprint density at radius 3 is 2.86 bits per heavy atom. The van der Waals surface area contributed by atoms with Crippen molar-refractivity contribution in [1.82, 2.24) is 10.2 Å². The van der Waals surface area contributed by atoms with Gasteiger partial charge in [-0.25, -0.2) is 0 Å². The molecule has 0 aliphatic carbocycles. The summed E-state index contributed by atoms with van der Waals surface area (Å²) >= 11 is 0. The molecule has 0 saturated carbocycles. The second-order valence-electron chi connectivity index (χ2n) is 5.98. The van der Waals surface area contributed by atoms with Crippen LogP contribution in [0.4, 0.5) is 0 Å². The van der Waals surface area contributed by atoms with E-state index in [9.17, 15) is 4.79 Å². The molecule has 2 aliphatic heterocycles. The highest BCUT2D eigenvalue weighted by atomic mass is 35.5. The number of nitrogens with one attached hydrogen (secondary N) is 1. The Hall–Kier alpha value is -0.360. The van der Waals surface area contributed by atoms with Crippen LogP contribution in [-0.4, -0.2) is 61.4 Å². The Labute approximate surface area is 134 Å². The zero-order chi connectivity index (χ0) is 14.5. The number of carbonyl (C=O) groups excluding carboxylic acids is 1. The fourth-order valence-electron chi connectivity index (χ4n) is 2.86. The zero-order valence-corrected chi connectivity index (χ0v) is 14.2. The molecule has 0 bridgehead atoms. The molecule has 2 saturated heterocycles. The minimum atomic E-state index is -0.381. The molecule has 0 aromatic carbocycles. The standard InChI is InChI=1S/C15H28N2O3.ClH/c1-11-12(2)17(8-7-16-11)15(18)13(3)20-10-14-6-4-5-9-19-14;/h11-14,16H,4-10H2,1-3H3;1H. The van der Waals surface area contributed by atoms with E-state index in [4.69, 9.17) is 9.47 Å². The molecule has 4 unspecified atom stereocenters. The number of ether oxygens (including phenoxy) is 2. The second-order valence-corrected chi connectivity index (χ2v) is 5.98. The van der Waals surface area contributed by atoms with E-state index in [-0.39, 0.29) is 36.6 Å². The van der Waals surface area contributed by atoms with Crippen molar-refractivity contribution in [2.24, 2.45) is 0 Å². The van der Waals surface area contributed by atoms with E-state index >= 15 is 0 Å². The minimum absolute atomic E-state index is 0. The number of halogens is 1. The van der Waals surface area contributed by atoms with E-state index < -0.39 is 0 Å². The van der Waals surface area contributed by atoms with Crippen LogP contribution < -0.4 is 5.32 Å². The highest BCUT2D eigenvalue weighted by Crippen LogP contribution is 2.15. The van der Waals surface area contributed by atoms with Crippen LogP contribution in [0.15, 0.2) is 0 Å². The minimum Gasteiger partial charge on any atom is -0.376 e. The van der Waals surface area contributed by atoms with Crippen LogP contribution in [-0.2, 0) is 14.3 Å². The summed E-state index contributed by atoms with van der Waals surface area (Å²) < 4.78 is 11.4. The Morgan fingerprint density at radius 1 is 1.43 bits per heavy atom. The Bertz CT molecular complexity index is 324. The molecule has 21 heavy (non-hydrogen) atoms. The van der Waals surface area contributed by atoms with Gasteiger partial charge < -0.3 is 19.7 Å². The number of nitrogens with zero attached hydrogens (tertiary/aromatic N) is 1. The molecule has 6 heteroatoms. The van der Waals surface area contributed by atoms with Crippen molar-refractivity contribution >= 4 is 18.3 Å². The smallest absolute Gasteiger partial charge is 0.251 e. The maximum atomic E-state index is 12.5. The van der Waals surface area contributed by atoms with E-state index in [2.05, 4.69) is 19.2 Å². The molecule has 1 amide bonds. The Morgan fingerprint density at radius 2 is 2.19 bits per heavy atom. The summed E-state index contributed by atoms with van der Waals surface area (Å²) in [6.07, 6.45) is 3.16. The first kappa shape index (κ1) is 18.7. The lowest BCUT2D eigenvalue weighted by atomic mass is 10.1. The van der Waals surface area contributed by atoms with Crippen molar-refractivity contribution < 1.29 is 14.3 Å². The number of carbonyl (C=O) groups is 1. The molecule has 2 fully saturated rings. The lowest BCUT2D eigenvalue weighted by molar-refractivity contribution is -0.149. The highest BCUT2D eigenvalue weighted by Gasteiger charge is 2.31. The van der Waals surface area contributed by atoms with Crippen molar-refractivity contribution in [2.75, 3.05) is 26.3 Å². The van der Waals surface area contributed by atoms with Gasteiger partial charge in [-0.2, -0.15) is 0 Å². The lowest BCUT2D eigenvalue weighted by Gasteiger charge is -2.39. The van der Waals surface area contributed by atoms with E-state index in [0.29, 0.717) is 12.6 Å². The quantitative estimate of drug-likeness (QED) is 0.854. The second kappa shape index (κ2) is 8.93. The summed E-state index contributed by atoms with van der Waals surface area (Å²) in [5.74, 6) is 0.0988. The van der Waals surface area contributed by atoms with E-state index in [1.165, 1.54) is 6.42 Å². The van der Waals surface area contributed by atoms with E-state index in [1.54, 1.807) is 0 Å². The van der Waals surface area contributed by atoms with Crippen LogP contribution in [0.3, 0.4) is 0 Å². The van der Waals surface area contributed by atoms with Crippen LogP contribution in [0.25, 0.3) is 0 Å². The largest absolute Gasteiger partial charge is 0.376 e. The van der Waals surface area contributed by atoms with E-state index in [1.807, 2.05) is 11.8 Å². The van der Waals surface area contributed by atoms with E-state index in [0.717, 1.165) is 32.5 Å². The van der Waals surface area contributed by atoms with Gasteiger partial charge in [0.05, 0.1) is 12.7 Å². The summed E-state index contributed by atoms with van der Waals surface area (Å²) in [5, 5.41) is 3.38. The SMILES string of the molecule is CC(OCC1CCCCO1)C(=O)N1CCNC(C)C1C.Cl. The third-order valence-corrected chi connectivity index (χ3v) is 4.47. The molecule has 0 aromatic heterocycles. The number of rotatable bonds is 4. The molecular formula is C15H29ClN2O3. The average Bonchev–Trinajstić information content (AvgIpc) is 2.48. The number of hydrogen-bond acceptors (Lipinski definition) is 4. The molecular weight excluding hydrogens is 292 g/mol. The predicted octanol–water partition coefficient (Wildman–Crippen LogP) is 1.59. The van der Waals surface area contributed by atoms with Gasteiger partial charge in [-0.3, -0.25) is 4.79 Å². The van der Waals surface area contributed by atoms with Gasteiger partial charge in [-0.05, 0) is 40.0 Å². The van der Waals surface area contributed by atoms with Gasteiger partial charge in [0.25, 0.3) is 5.91 Å². The third kappa shape index (κ3) is 5.09. The molecule has 2 rings (SSSR count). The fraction of sp³-hybridized carbons (Fsp3) is 0.933. The average molecular weight is 321 g/mol. The maximum Gasteiger partial charge on any atom is 0.251 e. The summed E-state index contributed by atoms with van der Waals surface area (Å²) in [6, 6.07) is 0.551. The van der Waals surface area contributed by atoms with Crippen molar-refractivity contribution in [3.05, 3.63) is 0 Å². The molecule has 0 aromatic rings. The summed E-state index contributed by atoms with van der Waals surface area (Å²) in [7, 11) is 0. The van der Waals surface area contributed by atoms with Gasteiger partial charge in [0, 0.05) is 31.8 Å². The number of hydrogen-bond donors (Lipinski definition) is 1. The number of amides is 1. The molecule has 4 atom stereocenters. The van der Waals surface area contributed by atoms with Crippen LogP contribution in [0.2, 0.25) is 0 Å². The van der Waals surface area contributed by atoms with Crippen LogP contribution in [0, 0.1) is 0 Å². The lowest BCUT2D eigenvalue weighted by Crippen LogP contribution is -2.59. The van der Waals surface area contributed by atoms with Gasteiger partial charge in [0.2, 0.25) is 0 Å². The van der Waals surface area contributed by atoms with Crippen molar-refractivity contribution in [3.63, 3.8) is 0 Å². The van der Waals surface area contributed by atoms with Crippen LogP contribution in [0.5, 0.6) is 0 Å². The molecule has 0 spiro atoms. The third-order valence-electron chi connectivity index (χ3n) is 4.47. The van der Waals surface area contributed by atoms with Gasteiger partial charge in [-0.1, -0.05) is 0 Å². The summed E-state index contributed by atoms with van der Waals surface area (Å²) in [4.78, 5) is 14.4. The molecule has 2 aliphatic rings. The maximum absolute atomic E-state index is 12.5. The first-order chi connectivity index (χ1) is 9.59. The van der Waals surface area contributed by atoms with Crippen LogP contribution >= 0.6 is 12.4 Å². The van der Waals surface area contributed by atoms with Crippen molar-refractivity contribution in [1.29, 1.82) is 0 Å². The summed E-state index contributed by atoms with van der Waals surface area (Å²) in [6.45, 7) is 9.03. The molecule has 124 valence electrons. The van der Waals surface area contributed by atoms with Crippen molar-refractivity contribution in [3.8, 4) is 0 Å². The Balaban J connectivity index is 0.00000220. The first-order valence-electron chi connectivity index (χ1n) is 7.86. The number of piperazine rings is 1. The first-order valence-corrected chi connectivity index (χ1v) is 7.86. The monoisotopic (exact) mass is 320 g/mol. The predicted molar refractivity (Wildman–Crippen MR) is 84.9 cm³/mol. The van der Waals surface area contributed by atoms with Crippen LogP contribution in [0.1, 0.15) is 40.0 Å². The molecule has 1 N–H and O–H groups in total. The summed E-state index contributed by atoms with van der Waals surface area (Å²) in [5.41, 5.74) is 0. The van der Waals surface area contributed by atoms with Crippen molar-refractivity contribution in [2.45, 2.75) is 64.3 Å². The van der Waals surface area contributed by atoms with Gasteiger partial charge >= 0.3 is 0 Å². The van der Waals surface area contributed by atoms with Gasteiger partial charge in [-0.15, -0.1) is 12.4 Å². The molecule has 0 radical (unpaired) electrons. The fourth-order valence-corrected chi connectivity index (χ4v) is 2.86. The highest BCUT2D eigenvalue weighted by molar-refractivity contribution is 5.85. The van der Waals surface area contributed by atoms with Gasteiger partial charge in [0.1, 0.15) is 6.10 Å². The zero-order valence-electron chi connectivity index (χ0n) is 13.3. The van der Waals surface area contributed by atoms with Gasteiger partial charge in [0.15, 0.2) is 0 Å². The topological polar surface area (TPSA) is 50.8 Å². The molecule has 5 nitrogen and oxygen atoms in total.